The van der Waals surface area contributed by atoms with Crippen LogP contribution in [0.1, 0.15) is 17.3 Å². The van der Waals surface area contributed by atoms with Crippen LogP contribution in [-0.4, -0.2) is 10.4 Å². The van der Waals surface area contributed by atoms with Gasteiger partial charge < -0.3 is 14.1 Å². The molecule has 3 aromatic heterocycles. The van der Waals surface area contributed by atoms with E-state index in [9.17, 15) is 0 Å². The second kappa shape index (κ2) is 8.87. The molecular weight excluding hydrogens is 562 g/mol. The lowest BCUT2D eigenvalue weighted by atomic mass is 9.92. The molecule has 0 radical (unpaired) electrons. The number of para-hydroxylation sites is 2. The normalized spacial score (nSPS) is 18.3. The topological polar surface area (TPSA) is 41.6 Å². The van der Waals surface area contributed by atoms with Gasteiger partial charge in [-0.05, 0) is 46.4 Å². The minimum absolute atomic E-state index is 0.0667. The molecule has 0 saturated carbocycles. The molecule has 11 rings (SSSR count). The number of nitrogens with one attached hydrogen (secondary N) is 2. The van der Waals surface area contributed by atoms with Gasteiger partial charge in [-0.15, -0.1) is 0 Å². The molecule has 4 heterocycles. The van der Waals surface area contributed by atoms with E-state index in [0.29, 0.717) is 0 Å². The third-order valence-electron chi connectivity index (χ3n) is 10.2. The molecule has 46 heavy (non-hydrogen) atoms. The predicted molar refractivity (Wildman–Crippen MR) is 190 cm³/mol. The molecule has 2 N–H and O–H groups in total. The van der Waals surface area contributed by atoms with E-state index in [1.54, 1.807) is 0 Å². The maximum atomic E-state index is 6.60. The number of allylic oxidation sites excluding steroid dienone is 2. The number of nitrogens with zero attached hydrogens (tertiary/aromatic N) is 1. The van der Waals surface area contributed by atoms with Crippen molar-refractivity contribution in [1.82, 2.24) is 15.0 Å². The highest BCUT2D eigenvalue weighted by Crippen LogP contribution is 2.43. The van der Waals surface area contributed by atoms with E-state index in [-0.39, 0.29) is 12.2 Å². The number of benzene rings is 6. The third kappa shape index (κ3) is 3.21. The Balaban J connectivity index is 1.10. The van der Waals surface area contributed by atoms with Crippen LogP contribution in [0.4, 0.5) is 0 Å². The quantitative estimate of drug-likeness (QED) is 0.211. The third-order valence-corrected chi connectivity index (χ3v) is 10.2. The maximum absolute atomic E-state index is 6.60. The zero-order chi connectivity index (χ0) is 29.9. The van der Waals surface area contributed by atoms with Crippen LogP contribution in [0.25, 0.3) is 76.5 Å². The van der Waals surface area contributed by atoms with E-state index in [1.165, 1.54) is 60.0 Å². The van der Waals surface area contributed by atoms with Gasteiger partial charge in [-0.3, -0.25) is 5.32 Å². The lowest BCUT2D eigenvalue weighted by molar-refractivity contribution is 0.460. The SMILES string of the molecule is C1=CC2=C(c3ccccc3)NC(c3ccc4c(c3)oc3cc5ccc6c7cccc8c9ccccc9n(c6c5cc34)c87)NC2C=C1. The molecular formula is C42H27N3O. The van der Waals surface area contributed by atoms with Crippen molar-refractivity contribution < 1.29 is 4.42 Å². The molecule has 0 saturated heterocycles. The second-order valence-corrected chi connectivity index (χ2v) is 12.6. The van der Waals surface area contributed by atoms with Crippen molar-refractivity contribution in [3.8, 4) is 0 Å². The molecule has 0 bridgehead atoms. The summed E-state index contributed by atoms with van der Waals surface area (Å²) in [7, 11) is 0. The molecule has 0 fully saturated rings. The van der Waals surface area contributed by atoms with Crippen LogP contribution in [0.15, 0.2) is 150 Å². The average molecular weight is 590 g/mol. The Kier molecular flexibility index (Phi) is 4.72. The molecule has 1 aliphatic carbocycles. The summed E-state index contributed by atoms with van der Waals surface area (Å²) in [6.45, 7) is 0. The summed E-state index contributed by atoms with van der Waals surface area (Å²) in [5.74, 6) is 0. The molecule has 2 unspecified atom stereocenters. The number of hydrogen-bond acceptors (Lipinski definition) is 3. The molecule has 2 aliphatic rings. The Hall–Kier alpha value is -5.84. The highest BCUT2D eigenvalue weighted by atomic mass is 16.3. The first kappa shape index (κ1) is 24.5. The smallest absolute Gasteiger partial charge is 0.136 e. The number of rotatable bonds is 2. The zero-order valence-electron chi connectivity index (χ0n) is 24.8. The number of fused-ring (bicyclic) bond motifs is 12. The largest absolute Gasteiger partial charge is 0.456 e. The van der Waals surface area contributed by atoms with Gasteiger partial charge in [-0.25, -0.2) is 0 Å². The van der Waals surface area contributed by atoms with Crippen molar-refractivity contribution in [3.63, 3.8) is 0 Å². The van der Waals surface area contributed by atoms with Gasteiger partial charge in [0.15, 0.2) is 0 Å². The molecule has 4 nitrogen and oxygen atoms in total. The first-order valence-corrected chi connectivity index (χ1v) is 15.9. The Morgan fingerprint density at radius 2 is 1.35 bits per heavy atom. The van der Waals surface area contributed by atoms with Gasteiger partial charge in [0.1, 0.15) is 17.3 Å². The lowest BCUT2D eigenvalue weighted by Crippen LogP contribution is -2.45. The van der Waals surface area contributed by atoms with Gasteiger partial charge in [0.25, 0.3) is 0 Å². The molecule has 9 aromatic rings. The van der Waals surface area contributed by atoms with Crippen LogP contribution >= 0.6 is 0 Å². The zero-order valence-corrected chi connectivity index (χ0v) is 24.8. The summed E-state index contributed by atoms with van der Waals surface area (Å²) in [5.41, 5.74) is 10.4. The second-order valence-electron chi connectivity index (χ2n) is 12.6. The van der Waals surface area contributed by atoms with Crippen molar-refractivity contribution in [2.75, 3.05) is 0 Å². The standard InChI is InChI=1S/C42H27N3O/c1-2-9-24(10-3-1)39-32-12-4-6-15-35(32)43-42(44-39)26-18-19-28-34-23-33-25(21-38(34)46-37(28)22-26)17-20-31-30-14-8-13-29-27-11-5-7-16-36(27)45(40(29)30)41(31)33/h1-23,35,42-44H. The summed E-state index contributed by atoms with van der Waals surface area (Å²) in [6, 6.07) is 41.9. The molecule has 0 spiro atoms. The van der Waals surface area contributed by atoms with E-state index in [4.69, 9.17) is 4.42 Å². The number of furan rings is 1. The molecule has 6 aromatic carbocycles. The number of hydrogen-bond donors (Lipinski definition) is 2. The highest BCUT2D eigenvalue weighted by Gasteiger charge is 2.28. The van der Waals surface area contributed by atoms with E-state index < -0.39 is 0 Å². The Labute approximate surface area is 263 Å². The Bertz CT molecular complexity index is 2810. The van der Waals surface area contributed by atoms with Crippen LogP contribution in [0.3, 0.4) is 0 Å². The molecule has 2 atom stereocenters. The minimum atomic E-state index is -0.0667. The van der Waals surface area contributed by atoms with Crippen LogP contribution < -0.4 is 10.6 Å². The van der Waals surface area contributed by atoms with Crippen LogP contribution in [-0.2, 0) is 0 Å². The van der Waals surface area contributed by atoms with Crippen LogP contribution in [0, 0.1) is 0 Å². The van der Waals surface area contributed by atoms with Gasteiger partial charge in [0.2, 0.25) is 0 Å². The molecule has 4 heteroatoms. The van der Waals surface area contributed by atoms with Gasteiger partial charge >= 0.3 is 0 Å². The molecule has 0 amide bonds. The summed E-state index contributed by atoms with van der Waals surface area (Å²) < 4.78 is 9.08. The van der Waals surface area contributed by atoms with Crippen LogP contribution in [0.2, 0.25) is 0 Å². The fourth-order valence-corrected chi connectivity index (χ4v) is 8.11. The average Bonchev–Trinajstić information content (AvgIpc) is 3.77. The van der Waals surface area contributed by atoms with E-state index in [2.05, 4.69) is 155 Å². The van der Waals surface area contributed by atoms with Crippen molar-refractivity contribution in [1.29, 1.82) is 0 Å². The lowest BCUT2D eigenvalue weighted by Gasteiger charge is -2.36. The minimum Gasteiger partial charge on any atom is -0.456 e. The van der Waals surface area contributed by atoms with Gasteiger partial charge in [-0.2, -0.15) is 0 Å². The maximum Gasteiger partial charge on any atom is 0.136 e. The molecule has 1 aliphatic heterocycles. The van der Waals surface area contributed by atoms with E-state index >= 15 is 0 Å². The summed E-state index contributed by atoms with van der Waals surface area (Å²) in [6.07, 6.45) is 8.60. The fourth-order valence-electron chi connectivity index (χ4n) is 8.11. The predicted octanol–water partition coefficient (Wildman–Crippen LogP) is 9.99. The van der Waals surface area contributed by atoms with Crippen molar-refractivity contribution in [3.05, 3.63) is 156 Å². The van der Waals surface area contributed by atoms with Crippen molar-refractivity contribution in [2.45, 2.75) is 12.2 Å². The fraction of sp³-hybridized carbons (Fsp3) is 0.0476. The summed E-state index contributed by atoms with van der Waals surface area (Å²) >= 11 is 0. The van der Waals surface area contributed by atoms with Crippen molar-refractivity contribution >= 4 is 76.5 Å². The summed E-state index contributed by atoms with van der Waals surface area (Å²) in [4.78, 5) is 0. The first-order chi connectivity index (χ1) is 22.8. The van der Waals surface area contributed by atoms with Gasteiger partial charge in [0, 0.05) is 43.4 Å². The summed E-state index contributed by atoms with van der Waals surface area (Å²) in [5, 5.41) is 17.5. The van der Waals surface area contributed by atoms with E-state index in [1.807, 2.05) is 0 Å². The Morgan fingerprint density at radius 1 is 0.587 bits per heavy atom. The first-order valence-electron chi connectivity index (χ1n) is 15.9. The number of aromatic nitrogens is 1. The monoisotopic (exact) mass is 589 g/mol. The highest BCUT2D eigenvalue weighted by molar-refractivity contribution is 6.28. The van der Waals surface area contributed by atoms with Crippen LogP contribution in [0.5, 0.6) is 0 Å². The Morgan fingerprint density at radius 3 is 2.28 bits per heavy atom. The van der Waals surface area contributed by atoms with Gasteiger partial charge in [-0.1, -0.05) is 115 Å². The van der Waals surface area contributed by atoms with Gasteiger partial charge in [0.05, 0.1) is 22.6 Å². The van der Waals surface area contributed by atoms with Crippen molar-refractivity contribution in [2.24, 2.45) is 0 Å². The van der Waals surface area contributed by atoms with E-state index in [0.717, 1.165) is 33.2 Å². The molecule has 216 valence electrons.